The van der Waals surface area contributed by atoms with Crippen molar-refractivity contribution >= 4 is 45.9 Å². The minimum atomic E-state index is -1.25. The number of amides is 1. The molecule has 1 amide bonds. The number of carbonyl (C=O) groups excluding carboxylic acids is 2. The van der Waals surface area contributed by atoms with Crippen LogP contribution in [0.4, 0.5) is 8.78 Å². The molecule has 1 unspecified atom stereocenters. The van der Waals surface area contributed by atoms with Crippen LogP contribution < -0.4 is 5.73 Å². The van der Waals surface area contributed by atoms with Gasteiger partial charge >= 0.3 is 0 Å². The second kappa shape index (κ2) is 8.85. The van der Waals surface area contributed by atoms with Gasteiger partial charge in [0.25, 0.3) is 5.91 Å². The summed E-state index contributed by atoms with van der Waals surface area (Å²) < 4.78 is 30.4. The Morgan fingerprint density at radius 2 is 1.87 bits per heavy atom. The summed E-state index contributed by atoms with van der Waals surface area (Å²) in [5.74, 6) is -5.94. The highest BCUT2D eigenvalue weighted by Crippen LogP contribution is 2.40. The van der Waals surface area contributed by atoms with Gasteiger partial charge < -0.3 is 10.8 Å². The lowest BCUT2D eigenvalue weighted by molar-refractivity contribution is -0.119. The van der Waals surface area contributed by atoms with E-state index >= 15 is 4.39 Å². The molecule has 0 radical (unpaired) electrons. The molecule has 3 N–H and O–H groups in total. The van der Waals surface area contributed by atoms with Crippen LogP contribution in [-0.4, -0.2) is 21.5 Å². The number of phenols is 1. The highest BCUT2D eigenvalue weighted by Gasteiger charge is 2.31. The van der Waals surface area contributed by atoms with Gasteiger partial charge in [-0.2, -0.15) is 0 Å². The largest absolute Gasteiger partial charge is 0.503 e. The number of unbranched alkanes of at least 4 members (excludes halogenated alkanes) is 1. The number of nitrogens with two attached hydrogens (primary N) is 1. The molecule has 0 saturated carbocycles. The van der Waals surface area contributed by atoms with Crippen LogP contribution in [0.3, 0.4) is 0 Å². The van der Waals surface area contributed by atoms with Gasteiger partial charge in [0.05, 0.1) is 21.5 Å². The van der Waals surface area contributed by atoms with Crippen molar-refractivity contribution in [2.75, 3.05) is 0 Å². The fourth-order valence-corrected chi connectivity index (χ4v) is 4.09. The zero-order chi connectivity index (χ0) is 23.0. The predicted molar refractivity (Wildman–Crippen MR) is 116 cm³/mol. The van der Waals surface area contributed by atoms with Gasteiger partial charge in [-0.15, -0.1) is 0 Å². The van der Waals surface area contributed by atoms with Gasteiger partial charge in [-0.05, 0) is 37.1 Å². The number of aromatic hydroxyl groups is 1. The number of halogens is 4. The van der Waals surface area contributed by atoms with Crippen LogP contribution in [0, 0.1) is 18.6 Å². The van der Waals surface area contributed by atoms with E-state index in [4.69, 9.17) is 28.9 Å². The summed E-state index contributed by atoms with van der Waals surface area (Å²) >= 11 is 11.9. The fourth-order valence-electron chi connectivity index (χ4n) is 3.79. The van der Waals surface area contributed by atoms with Crippen molar-refractivity contribution in [1.29, 1.82) is 0 Å². The zero-order valence-corrected chi connectivity index (χ0v) is 18.3. The topological polar surface area (TPSA) is 85.3 Å². The van der Waals surface area contributed by atoms with Crippen LogP contribution in [0.2, 0.25) is 10.0 Å². The summed E-state index contributed by atoms with van der Waals surface area (Å²) in [6.45, 7) is 3.44. The van der Waals surface area contributed by atoms with E-state index in [0.717, 1.165) is 17.1 Å². The van der Waals surface area contributed by atoms with Crippen molar-refractivity contribution in [3.05, 3.63) is 62.8 Å². The molecule has 1 heterocycles. The smallest absolute Gasteiger partial charge is 0.262 e. The number of nitrogens with zero attached hydrogens (tertiary/aromatic N) is 1. The number of fused-ring (bicyclic) bond motifs is 1. The van der Waals surface area contributed by atoms with Gasteiger partial charge in [0.2, 0.25) is 5.91 Å². The van der Waals surface area contributed by atoms with E-state index in [1.54, 1.807) is 0 Å². The number of primary amides is 1. The van der Waals surface area contributed by atoms with E-state index in [2.05, 4.69) is 0 Å². The lowest BCUT2D eigenvalue weighted by atomic mass is 9.90. The molecule has 164 valence electrons. The molecule has 1 aromatic heterocycles. The Morgan fingerprint density at radius 1 is 1.19 bits per heavy atom. The van der Waals surface area contributed by atoms with Gasteiger partial charge in [0.15, 0.2) is 17.4 Å². The molecular formula is C22H20Cl2F2N2O3. The standard InChI is InChI=1S/C22H20Cl2F2N2O3/c1-3-4-5-12(21(27)30)17-10(2)28(16-9-15(25)20(29)19(26)18(16)17)22(31)11-6-7-13(23)14(24)8-11/h6-9,12,29H,3-5H2,1-2H3,(H2,27,30). The second-order valence-corrected chi connectivity index (χ2v) is 8.10. The average Bonchev–Trinajstić information content (AvgIpc) is 2.99. The molecule has 0 fully saturated rings. The van der Waals surface area contributed by atoms with E-state index in [1.807, 2.05) is 6.92 Å². The predicted octanol–water partition coefficient (Wildman–Crippen LogP) is 5.69. The van der Waals surface area contributed by atoms with Crippen LogP contribution in [0.15, 0.2) is 24.3 Å². The Hall–Kier alpha value is -2.64. The third-order valence-corrected chi connectivity index (χ3v) is 6.06. The van der Waals surface area contributed by atoms with Crippen LogP contribution in [-0.2, 0) is 4.79 Å². The van der Waals surface area contributed by atoms with Gasteiger partial charge in [0, 0.05) is 22.7 Å². The van der Waals surface area contributed by atoms with Gasteiger partial charge in [-0.1, -0.05) is 43.0 Å². The maximum Gasteiger partial charge on any atom is 0.262 e. The Morgan fingerprint density at radius 3 is 2.45 bits per heavy atom. The summed E-state index contributed by atoms with van der Waals surface area (Å²) in [6.07, 6.45) is 1.69. The third kappa shape index (κ3) is 4.00. The van der Waals surface area contributed by atoms with E-state index in [1.165, 1.54) is 25.1 Å². The molecule has 0 spiro atoms. The number of rotatable bonds is 6. The first-order valence-electron chi connectivity index (χ1n) is 9.61. The van der Waals surface area contributed by atoms with E-state index in [-0.39, 0.29) is 37.8 Å². The fraction of sp³-hybridized carbons (Fsp3) is 0.273. The number of phenolic OH excluding ortho intramolecular Hbond substituents is 1. The minimum Gasteiger partial charge on any atom is -0.503 e. The zero-order valence-electron chi connectivity index (χ0n) is 16.8. The number of carbonyl (C=O) groups is 2. The molecular weight excluding hydrogens is 449 g/mol. The number of benzene rings is 2. The Kier molecular flexibility index (Phi) is 6.57. The molecule has 0 aliphatic rings. The molecule has 5 nitrogen and oxygen atoms in total. The molecule has 0 bridgehead atoms. The van der Waals surface area contributed by atoms with Crippen LogP contribution >= 0.6 is 23.2 Å². The maximum absolute atomic E-state index is 15.0. The Labute approximate surface area is 187 Å². The first-order chi connectivity index (χ1) is 14.6. The molecule has 3 aromatic rings. The van der Waals surface area contributed by atoms with Crippen molar-refractivity contribution in [1.82, 2.24) is 4.57 Å². The average molecular weight is 469 g/mol. The molecule has 2 aromatic carbocycles. The highest BCUT2D eigenvalue weighted by molar-refractivity contribution is 6.42. The van der Waals surface area contributed by atoms with Crippen molar-refractivity contribution in [3.8, 4) is 5.75 Å². The van der Waals surface area contributed by atoms with Crippen molar-refractivity contribution in [2.24, 2.45) is 5.73 Å². The van der Waals surface area contributed by atoms with Crippen molar-refractivity contribution < 1.29 is 23.5 Å². The lowest BCUT2D eigenvalue weighted by Gasteiger charge is -2.15. The second-order valence-electron chi connectivity index (χ2n) is 7.28. The molecule has 31 heavy (non-hydrogen) atoms. The van der Waals surface area contributed by atoms with Crippen LogP contribution in [0.1, 0.15) is 53.7 Å². The summed E-state index contributed by atoms with van der Waals surface area (Å²) in [4.78, 5) is 25.5. The SMILES string of the molecule is CCCCC(C(N)=O)c1c(C)n(C(=O)c2ccc(Cl)c(Cl)c2)c2cc(F)c(O)c(F)c12. The van der Waals surface area contributed by atoms with Gasteiger partial charge in [-0.3, -0.25) is 14.2 Å². The quantitative estimate of drug-likeness (QED) is 0.487. The molecule has 0 aliphatic carbocycles. The van der Waals surface area contributed by atoms with E-state index in [0.29, 0.717) is 12.8 Å². The molecule has 3 rings (SSSR count). The minimum absolute atomic E-state index is 0.124. The Balaban J connectivity index is 2.36. The van der Waals surface area contributed by atoms with Gasteiger partial charge in [0.1, 0.15) is 0 Å². The summed E-state index contributed by atoms with van der Waals surface area (Å²) in [7, 11) is 0. The summed E-state index contributed by atoms with van der Waals surface area (Å²) in [5, 5.41) is 10.0. The normalized spacial score (nSPS) is 12.3. The number of hydrogen-bond acceptors (Lipinski definition) is 3. The third-order valence-electron chi connectivity index (χ3n) is 5.32. The van der Waals surface area contributed by atoms with Crippen molar-refractivity contribution in [3.63, 3.8) is 0 Å². The van der Waals surface area contributed by atoms with Gasteiger partial charge in [-0.25, -0.2) is 8.78 Å². The van der Waals surface area contributed by atoms with E-state index < -0.39 is 35.1 Å². The number of aromatic nitrogens is 1. The first kappa shape index (κ1) is 23.0. The Bertz CT molecular complexity index is 1210. The van der Waals surface area contributed by atoms with Crippen molar-refractivity contribution in [2.45, 2.75) is 39.0 Å². The molecule has 1 atom stereocenters. The highest BCUT2D eigenvalue weighted by atomic mass is 35.5. The molecule has 9 heteroatoms. The maximum atomic E-state index is 15.0. The van der Waals surface area contributed by atoms with E-state index in [9.17, 15) is 19.1 Å². The first-order valence-corrected chi connectivity index (χ1v) is 10.4. The van der Waals surface area contributed by atoms with Crippen LogP contribution in [0.5, 0.6) is 5.75 Å². The lowest BCUT2D eigenvalue weighted by Crippen LogP contribution is -2.23. The summed E-state index contributed by atoms with van der Waals surface area (Å²) in [5.41, 5.74) is 5.96. The van der Waals surface area contributed by atoms with Crippen LogP contribution in [0.25, 0.3) is 10.9 Å². The molecule has 0 saturated heterocycles. The number of hydrogen-bond donors (Lipinski definition) is 2. The monoisotopic (exact) mass is 468 g/mol. The molecule has 0 aliphatic heterocycles. The summed E-state index contributed by atoms with van der Waals surface area (Å²) in [6, 6.07) is 5.06.